The van der Waals surface area contributed by atoms with E-state index in [9.17, 15) is 27.2 Å². The second kappa shape index (κ2) is 13.0. The molecule has 0 spiro atoms. The number of para-hydroxylation sites is 2. The largest absolute Gasteiger partial charge is 0.416 e. The van der Waals surface area contributed by atoms with E-state index < -0.39 is 11.7 Å². The molecule has 42 heavy (non-hydrogen) atoms. The Morgan fingerprint density at radius 2 is 1.57 bits per heavy atom. The molecule has 0 unspecified atom stereocenters. The van der Waals surface area contributed by atoms with Gasteiger partial charge in [0.05, 0.1) is 21.8 Å². The van der Waals surface area contributed by atoms with E-state index in [0.29, 0.717) is 28.4 Å². The van der Waals surface area contributed by atoms with Gasteiger partial charge in [-0.25, -0.2) is 4.39 Å². The molecule has 0 atom stereocenters. The molecule has 1 fully saturated rings. The number of fused-ring (bicyclic) bond motifs is 1. The molecule has 0 radical (unpaired) electrons. The molecule has 0 aliphatic carbocycles. The Labute approximate surface area is 246 Å². The van der Waals surface area contributed by atoms with E-state index in [1.54, 1.807) is 30.3 Å². The molecule has 0 aromatic heterocycles. The highest BCUT2D eigenvalue weighted by atomic mass is 32.2. The fourth-order valence-corrected chi connectivity index (χ4v) is 6.05. The normalized spacial score (nSPS) is 17.0. The first kappa shape index (κ1) is 29.7. The van der Waals surface area contributed by atoms with Gasteiger partial charge in [-0.15, -0.1) is 0 Å². The molecule has 2 aliphatic rings. The minimum atomic E-state index is -4.44. The topological polar surface area (TPSA) is 55.9 Å². The van der Waals surface area contributed by atoms with E-state index in [1.807, 2.05) is 23.1 Å². The molecule has 1 N–H and O–H groups in total. The summed E-state index contributed by atoms with van der Waals surface area (Å²) < 4.78 is 52.9. The molecule has 2 heterocycles. The predicted octanol–water partition coefficient (Wildman–Crippen LogP) is 5.65. The van der Waals surface area contributed by atoms with Gasteiger partial charge in [0.2, 0.25) is 5.91 Å². The molecular weight excluding hydrogens is 568 g/mol. The Morgan fingerprint density at radius 3 is 2.26 bits per heavy atom. The fraction of sp³-hybridized carbons (Fsp3) is 0.290. The summed E-state index contributed by atoms with van der Waals surface area (Å²) in [7, 11) is 0. The molecule has 11 heteroatoms. The summed E-state index contributed by atoms with van der Waals surface area (Å²) in [5.41, 5.74) is 0.923. The number of nitrogens with zero attached hydrogens (tertiary/aromatic N) is 3. The van der Waals surface area contributed by atoms with E-state index in [-0.39, 0.29) is 24.2 Å². The number of alkyl halides is 3. The first-order valence-electron chi connectivity index (χ1n) is 13.7. The van der Waals surface area contributed by atoms with Crippen LogP contribution in [0.3, 0.4) is 0 Å². The Hall–Kier alpha value is -3.83. The summed E-state index contributed by atoms with van der Waals surface area (Å²) in [6.45, 7) is 4.10. The molecule has 3 aromatic carbocycles. The average Bonchev–Trinajstić information content (AvgIpc) is 2.98. The van der Waals surface area contributed by atoms with Crippen LogP contribution in [-0.2, 0) is 15.8 Å². The lowest BCUT2D eigenvalue weighted by Crippen LogP contribution is -2.47. The average molecular weight is 599 g/mol. The summed E-state index contributed by atoms with van der Waals surface area (Å²) >= 11 is 1.22. The molecule has 0 bridgehead atoms. The van der Waals surface area contributed by atoms with Crippen molar-refractivity contribution in [1.29, 1.82) is 0 Å². The van der Waals surface area contributed by atoms with Crippen molar-refractivity contribution in [2.24, 2.45) is 0 Å². The van der Waals surface area contributed by atoms with E-state index in [1.165, 1.54) is 34.9 Å². The first-order chi connectivity index (χ1) is 20.2. The molecule has 2 amide bonds. The van der Waals surface area contributed by atoms with Gasteiger partial charge in [-0.1, -0.05) is 48.2 Å². The number of hydrogen-bond donors (Lipinski definition) is 1. The lowest BCUT2D eigenvalue weighted by atomic mass is 10.1. The summed E-state index contributed by atoms with van der Waals surface area (Å²) in [5.74, 6) is -0.908. The molecule has 2 aliphatic heterocycles. The Morgan fingerprint density at radius 1 is 0.905 bits per heavy atom. The molecule has 0 saturated carbocycles. The number of amides is 2. The maximum atomic E-state index is 14.1. The zero-order valence-corrected chi connectivity index (χ0v) is 23.6. The third kappa shape index (κ3) is 7.14. The van der Waals surface area contributed by atoms with Gasteiger partial charge in [-0.05, 0) is 61.0 Å². The molecule has 1 saturated heterocycles. The Bertz CT molecular complexity index is 1450. The number of benzene rings is 3. The van der Waals surface area contributed by atoms with Crippen LogP contribution >= 0.6 is 11.8 Å². The quantitative estimate of drug-likeness (QED) is 0.206. The lowest BCUT2D eigenvalue weighted by Gasteiger charge is -2.36. The van der Waals surface area contributed by atoms with Gasteiger partial charge in [-0.2, -0.15) is 13.2 Å². The molecular formula is C31H30F4N4O2S. The minimum absolute atomic E-state index is 0.178. The van der Waals surface area contributed by atoms with Crippen molar-refractivity contribution in [1.82, 2.24) is 10.2 Å². The second-order valence-electron chi connectivity index (χ2n) is 10.1. The van der Waals surface area contributed by atoms with Crippen LogP contribution in [0.2, 0.25) is 0 Å². The zero-order chi connectivity index (χ0) is 29.7. The highest BCUT2D eigenvalue weighted by molar-refractivity contribution is 8.04. The predicted molar refractivity (Wildman–Crippen MR) is 157 cm³/mol. The van der Waals surface area contributed by atoms with Gasteiger partial charge < -0.3 is 10.2 Å². The van der Waals surface area contributed by atoms with Crippen LogP contribution in [0.15, 0.2) is 82.6 Å². The van der Waals surface area contributed by atoms with Gasteiger partial charge in [0.15, 0.2) is 0 Å². The zero-order valence-electron chi connectivity index (χ0n) is 22.7. The van der Waals surface area contributed by atoms with Gasteiger partial charge in [0, 0.05) is 37.6 Å². The minimum Gasteiger partial charge on any atom is -0.367 e. The number of carbonyl (C=O) groups is 2. The van der Waals surface area contributed by atoms with Gasteiger partial charge in [-0.3, -0.25) is 19.4 Å². The van der Waals surface area contributed by atoms with Gasteiger partial charge >= 0.3 is 6.18 Å². The van der Waals surface area contributed by atoms with Crippen LogP contribution in [0, 0.1) is 5.82 Å². The van der Waals surface area contributed by atoms with Crippen LogP contribution in [0.25, 0.3) is 6.08 Å². The SMILES string of the molecule is O=C(CN1C(=O)/C(=C/c2ccc(C(F)(F)F)cc2)Sc2ccccc21)NCCCN1CCN(c2ccccc2F)CC1. The number of halogens is 4. The Balaban J connectivity index is 1.14. The molecule has 220 valence electrons. The Kier molecular flexibility index (Phi) is 9.18. The van der Waals surface area contributed by atoms with Crippen molar-refractivity contribution < 1.29 is 27.2 Å². The maximum absolute atomic E-state index is 14.1. The number of hydrogen-bond acceptors (Lipinski definition) is 5. The van der Waals surface area contributed by atoms with Crippen LogP contribution < -0.4 is 15.1 Å². The summed E-state index contributed by atoms with van der Waals surface area (Å²) in [6.07, 6.45) is -2.17. The number of rotatable bonds is 8. The van der Waals surface area contributed by atoms with Gasteiger partial charge in [0.1, 0.15) is 12.4 Å². The summed E-state index contributed by atoms with van der Waals surface area (Å²) in [5, 5.41) is 2.90. The summed E-state index contributed by atoms with van der Waals surface area (Å²) in [6, 6.07) is 18.6. The van der Waals surface area contributed by atoms with E-state index in [0.717, 1.165) is 56.2 Å². The third-order valence-electron chi connectivity index (χ3n) is 7.21. The number of anilines is 2. The second-order valence-corrected chi connectivity index (χ2v) is 11.2. The first-order valence-corrected chi connectivity index (χ1v) is 14.5. The lowest BCUT2D eigenvalue weighted by molar-refractivity contribution is -0.137. The van der Waals surface area contributed by atoms with Crippen molar-refractivity contribution >= 4 is 41.0 Å². The molecule has 6 nitrogen and oxygen atoms in total. The smallest absolute Gasteiger partial charge is 0.367 e. The van der Waals surface area contributed by atoms with Crippen LogP contribution in [-0.4, -0.2) is 62.5 Å². The monoisotopic (exact) mass is 598 g/mol. The number of thioether (sulfide) groups is 1. The van der Waals surface area contributed by atoms with E-state index in [4.69, 9.17) is 0 Å². The highest BCUT2D eigenvalue weighted by Gasteiger charge is 2.32. The van der Waals surface area contributed by atoms with Gasteiger partial charge in [0.25, 0.3) is 5.91 Å². The fourth-order valence-electron chi connectivity index (χ4n) is 4.99. The van der Waals surface area contributed by atoms with E-state index in [2.05, 4.69) is 10.2 Å². The number of nitrogens with one attached hydrogen (secondary N) is 1. The van der Waals surface area contributed by atoms with Crippen molar-refractivity contribution in [2.75, 3.05) is 55.6 Å². The molecule has 3 aromatic rings. The summed E-state index contributed by atoms with van der Waals surface area (Å²) in [4.78, 5) is 33.1. The van der Waals surface area contributed by atoms with Crippen molar-refractivity contribution in [3.05, 3.63) is 94.6 Å². The number of carbonyl (C=O) groups excluding carboxylic acids is 2. The third-order valence-corrected chi connectivity index (χ3v) is 8.29. The van der Waals surface area contributed by atoms with Crippen LogP contribution in [0.4, 0.5) is 28.9 Å². The molecule has 5 rings (SSSR count). The van der Waals surface area contributed by atoms with Crippen LogP contribution in [0.1, 0.15) is 17.5 Å². The maximum Gasteiger partial charge on any atom is 0.416 e. The number of piperazine rings is 1. The standard InChI is InChI=1S/C31H30F4N4O2S/c32-24-6-1-2-7-25(24)38-18-16-37(17-19-38)15-5-14-36-29(40)21-39-26-8-3-4-9-27(26)42-28(30(39)41)20-22-10-12-23(13-11-22)31(33,34)35/h1-4,6-13,20H,5,14-19,21H2,(H,36,40)/b28-20-. The van der Waals surface area contributed by atoms with Crippen molar-refractivity contribution in [2.45, 2.75) is 17.5 Å². The van der Waals surface area contributed by atoms with Crippen molar-refractivity contribution in [3.63, 3.8) is 0 Å². The van der Waals surface area contributed by atoms with Crippen LogP contribution in [0.5, 0.6) is 0 Å². The van der Waals surface area contributed by atoms with Crippen molar-refractivity contribution in [3.8, 4) is 0 Å². The highest BCUT2D eigenvalue weighted by Crippen LogP contribution is 2.42. The van der Waals surface area contributed by atoms with E-state index >= 15 is 0 Å².